The van der Waals surface area contributed by atoms with Crippen molar-refractivity contribution in [1.82, 2.24) is 19.3 Å². The van der Waals surface area contributed by atoms with Crippen LogP contribution in [-0.2, 0) is 17.3 Å². The molecular weight excluding hydrogens is 528 g/mol. The summed E-state index contributed by atoms with van der Waals surface area (Å²) in [4.78, 5) is 26.2. The molecule has 11 heteroatoms. The Labute approximate surface area is 240 Å². The van der Waals surface area contributed by atoms with E-state index in [2.05, 4.69) is 61.0 Å². The normalized spacial score (nSPS) is 11.6. The molecule has 0 amide bonds. The first-order valence-corrected chi connectivity index (χ1v) is 15.6. The van der Waals surface area contributed by atoms with Gasteiger partial charge in [0.15, 0.2) is 6.29 Å². The minimum Gasteiger partial charge on any atom is -0.491 e. The van der Waals surface area contributed by atoms with Gasteiger partial charge in [0.2, 0.25) is 5.95 Å². The van der Waals surface area contributed by atoms with Crippen molar-refractivity contribution in [2.45, 2.75) is 58.9 Å². The molecule has 3 rings (SSSR count). The number of aromatic nitrogens is 4. The zero-order valence-electron chi connectivity index (χ0n) is 25.6. The molecule has 2 aromatic heterocycles. The number of carbonyl (C=O) groups is 2. The van der Waals surface area contributed by atoms with Crippen LogP contribution in [0.3, 0.4) is 0 Å². The average Bonchev–Trinajstić information content (AvgIpc) is 3.48. The molecule has 224 valence electrons. The number of ether oxygens (including phenoxy) is 1. The number of rotatable bonds is 12. The van der Waals surface area contributed by atoms with Crippen molar-refractivity contribution >= 4 is 39.9 Å². The van der Waals surface area contributed by atoms with Crippen molar-refractivity contribution in [2.24, 2.45) is 5.73 Å². The predicted octanol–water partition coefficient (Wildman–Crippen LogP) is 5.24. The van der Waals surface area contributed by atoms with Crippen LogP contribution in [-0.4, -0.2) is 76.5 Å². The molecule has 10 nitrogen and oxygen atoms in total. The van der Waals surface area contributed by atoms with Gasteiger partial charge in [0.05, 0.1) is 24.4 Å². The number of allylic oxidation sites excluding steroid dienone is 1. The van der Waals surface area contributed by atoms with E-state index in [0.717, 1.165) is 42.3 Å². The molecule has 0 bridgehead atoms. The third-order valence-electron chi connectivity index (χ3n) is 6.25. The van der Waals surface area contributed by atoms with Gasteiger partial charge in [0.25, 0.3) is 0 Å². The van der Waals surface area contributed by atoms with Crippen molar-refractivity contribution in [3.8, 4) is 5.75 Å². The van der Waals surface area contributed by atoms with Crippen molar-refractivity contribution in [3.63, 3.8) is 0 Å². The standard InChI is InChI=1S/C21H33N3O3S.C7H10N2O.CH5N/c1-8-10-24-19-17(23-20(24)22-5)13-16(15-25)14-18(19)26-11-9-12-27-28(6,7)21(2,3)4;1-3-9-7(5-10)4-6(2)8-9;1-2/h8,13-15H,1,9-12H2,2-7H3,(H,22,23);4-5H,3H2,1-2H3;2H2,1H3. The average molecular weight is 577 g/mol. The van der Waals surface area contributed by atoms with Gasteiger partial charge in [-0.2, -0.15) is 5.10 Å². The Morgan fingerprint density at radius 1 is 1.12 bits per heavy atom. The third kappa shape index (κ3) is 9.21. The second-order valence-corrected chi connectivity index (χ2v) is 14.0. The van der Waals surface area contributed by atoms with Crippen molar-refractivity contribution in [3.05, 3.63) is 47.8 Å². The van der Waals surface area contributed by atoms with E-state index in [4.69, 9.17) is 8.92 Å². The minimum absolute atomic E-state index is 0.138. The Morgan fingerprint density at radius 2 is 1.80 bits per heavy atom. The number of aryl methyl sites for hydroxylation is 2. The lowest BCUT2D eigenvalue weighted by Crippen LogP contribution is -2.25. The Kier molecular flexibility index (Phi) is 14.1. The topological polar surface area (TPSA) is 126 Å². The summed E-state index contributed by atoms with van der Waals surface area (Å²) in [7, 11) is 2.18. The van der Waals surface area contributed by atoms with Gasteiger partial charge in [-0.25, -0.2) is 4.98 Å². The fourth-order valence-corrected chi connectivity index (χ4v) is 4.41. The van der Waals surface area contributed by atoms with Crippen molar-refractivity contribution in [1.29, 1.82) is 0 Å². The second kappa shape index (κ2) is 16.2. The van der Waals surface area contributed by atoms with Gasteiger partial charge in [0.1, 0.15) is 23.2 Å². The molecule has 0 saturated carbocycles. The zero-order chi connectivity index (χ0) is 30.5. The molecule has 0 unspecified atom stereocenters. The summed E-state index contributed by atoms with van der Waals surface area (Å²) < 4.78 is 16.0. The van der Waals surface area contributed by atoms with E-state index in [-0.39, 0.29) is 4.75 Å². The first kappa shape index (κ1) is 34.9. The van der Waals surface area contributed by atoms with Gasteiger partial charge < -0.3 is 24.5 Å². The zero-order valence-corrected chi connectivity index (χ0v) is 26.4. The number of aldehydes is 2. The molecule has 0 aliphatic rings. The molecule has 0 atom stereocenters. The number of fused-ring (bicyclic) bond motifs is 1. The van der Waals surface area contributed by atoms with Crippen LogP contribution in [0.15, 0.2) is 30.9 Å². The number of carbonyl (C=O) groups excluding carboxylic acids is 2. The number of hydrogen-bond acceptors (Lipinski definition) is 8. The Hall–Kier alpha value is -3.15. The van der Waals surface area contributed by atoms with Gasteiger partial charge in [-0.05, 0) is 51.6 Å². The number of anilines is 1. The van der Waals surface area contributed by atoms with Gasteiger partial charge in [-0.1, -0.05) is 26.8 Å². The summed E-state index contributed by atoms with van der Waals surface area (Å²) in [5.41, 5.74) is 8.17. The number of imidazole rings is 1. The van der Waals surface area contributed by atoms with E-state index in [1.165, 1.54) is 7.05 Å². The summed E-state index contributed by atoms with van der Waals surface area (Å²) in [6, 6.07) is 5.31. The third-order valence-corrected chi connectivity index (χ3v) is 9.96. The molecule has 0 aliphatic heterocycles. The van der Waals surface area contributed by atoms with Crippen LogP contribution in [0.2, 0.25) is 0 Å². The maximum absolute atomic E-state index is 11.3. The Morgan fingerprint density at radius 3 is 2.30 bits per heavy atom. The van der Waals surface area contributed by atoms with E-state index < -0.39 is 10.3 Å². The van der Waals surface area contributed by atoms with Gasteiger partial charge in [-0.15, -0.1) is 16.9 Å². The van der Waals surface area contributed by atoms with Crippen molar-refractivity contribution in [2.75, 3.05) is 45.1 Å². The first-order chi connectivity index (χ1) is 18.9. The minimum atomic E-state index is -1.14. The van der Waals surface area contributed by atoms with E-state index in [0.29, 0.717) is 42.7 Å². The molecule has 0 aliphatic carbocycles. The highest BCUT2D eigenvalue weighted by atomic mass is 32.3. The molecule has 0 fully saturated rings. The molecule has 40 heavy (non-hydrogen) atoms. The smallest absolute Gasteiger partial charge is 0.204 e. The SMILES string of the molecule is C=CCn1c(NC)nc2cc(C=O)cc(OCCCOS(C)(C)C(C)(C)C)c21.CCn1nc(C)cc1C=O.CN. The van der Waals surface area contributed by atoms with Crippen LogP contribution in [0.25, 0.3) is 11.0 Å². The van der Waals surface area contributed by atoms with Crippen LogP contribution in [0.5, 0.6) is 5.75 Å². The number of nitrogens with two attached hydrogens (primary N) is 1. The van der Waals surface area contributed by atoms with E-state index in [9.17, 15) is 9.59 Å². The summed E-state index contributed by atoms with van der Waals surface area (Å²) >= 11 is 0. The first-order valence-electron chi connectivity index (χ1n) is 13.3. The van der Waals surface area contributed by atoms with E-state index >= 15 is 0 Å². The molecular formula is C29H48N6O4S. The summed E-state index contributed by atoms with van der Waals surface area (Å²) in [5, 5.41) is 7.17. The van der Waals surface area contributed by atoms with E-state index in [1.807, 2.05) is 31.5 Å². The lowest BCUT2D eigenvalue weighted by atomic mass is 10.2. The fraction of sp³-hybridized carbons (Fsp3) is 0.517. The molecule has 2 heterocycles. The molecule has 1 aromatic carbocycles. The van der Waals surface area contributed by atoms with Gasteiger partial charge >= 0.3 is 0 Å². The second-order valence-electron chi connectivity index (χ2n) is 10.1. The quantitative estimate of drug-likeness (QED) is 0.170. The predicted molar refractivity (Wildman–Crippen MR) is 168 cm³/mol. The van der Waals surface area contributed by atoms with Crippen LogP contribution >= 0.6 is 10.3 Å². The highest BCUT2D eigenvalue weighted by Crippen LogP contribution is 2.53. The summed E-state index contributed by atoms with van der Waals surface area (Å²) in [6.45, 7) is 16.8. The lowest BCUT2D eigenvalue weighted by molar-refractivity contribution is 0.111. The van der Waals surface area contributed by atoms with Crippen LogP contribution in [0.4, 0.5) is 5.95 Å². The summed E-state index contributed by atoms with van der Waals surface area (Å²) in [5.74, 6) is 1.36. The van der Waals surface area contributed by atoms with Crippen molar-refractivity contribution < 1.29 is 18.5 Å². The lowest BCUT2D eigenvalue weighted by Gasteiger charge is -2.43. The molecule has 0 spiro atoms. The number of nitrogens with one attached hydrogen (secondary N) is 1. The van der Waals surface area contributed by atoms with Crippen LogP contribution in [0.1, 0.15) is 60.7 Å². The highest BCUT2D eigenvalue weighted by molar-refractivity contribution is 8.29. The number of hydrogen-bond donors (Lipinski definition) is 2. The van der Waals surface area contributed by atoms with Gasteiger partial charge in [-0.3, -0.25) is 14.3 Å². The molecule has 0 saturated heterocycles. The molecule has 3 aromatic rings. The highest BCUT2D eigenvalue weighted by Gasteiger charge is 2.28. The monoisotopic (exact) mass is 576 g/mol. The molecule has 3 N–H and O–H groups in total. The fourth-order valence-electron chi connectivity index (χ4n) is 3.53. The van der Waals surface area contributed by atoms with Gasteiger partial charge in [0, 0.05) is 36.9 Å². The molecule has 0 radical (unpaired) electrons. The summed E-state index contributed by atoms with van der Waals surface area (Å²) in [6.07, 6.45) is 8.61. The largest absolute Gasteiger partial charge is 0.491 e. The van der Waals surface area contributed by atoms with Crippen LogP contribution in [0, 0.1) is 6.92 Å². The van der Waals surface area contributed by atoms with E-state index in [1.54, 1.807) is 22.9 Å². The maximum atomic E-state index is 11.3. The van der Waals surface area contributed by atoms with Crippen LogP contribution < -0.4 is 15.8 Å². The number of nitrogens with zero attached hydrogens (tertiary/aromatic N) is 4. The Balaban J connectivity index is 0.000000555. The maximum Gasteiger partial charge on any atom is 0.204 e. The number of benzene rings is 1. The Bertz CT molecular complexity index is 1240.